The Morgan fingerprint density at radius 3 is 1.03 bits per heavy atom. The first-order chi connectivity index (χ1) is 30.1. The fraction of sp³-hybridized carbons (Fsp3) is 0.239. The van der Waals surface area contributed by atoms with E-state index in [1.807, 2.05) is 0 Å². The van der Waals surface area contributed by atoms with Gasteiger partial charge in [0.2, 0.25) is 12.4 Å². The zero-order valence-electron chi connectivity index (χ0n) is 34.2. The number of hydrogen-bond acceptors (Lipinski definition) is 16. The Kier molecular flexibility index (Phi) is 14.6. The maximum Gasteiger partial charge on any atom is 0.344 e. The Hall–Kier alpha value is -7.59. The van der Waals surface area contributed by atoms with E-state index in [1.54, 1.807) is 66.7 Å². The lowest BCUT2D eigenvalue weighted by Crippen LogP contribution is -2.63. The fourth-order valence-electron chi connectivity index (χ4n) is 6.54. The van der Waals surface area contributed by atoms with Crippen molar-refractivity contribution in [3.63, 3.8) is 0 Å². The van der Waals surface area contributed by atoms with Crippen LogP contribution in [0.4, 0.5) is 0 Å². The smallest absolute Gasteiger partial charge is 0.344 e. The van der Waals surface area contributed by atoms with Crippen LogP contribution in [0.5, 0.6) is 28.7 Å². The van der Waals surface area contributed by atoms with Crippen molar-refractivity contribution in [2.75, 3.05) is 42.2 Å². The molecule has 0 spiro atoms. The molecule has 1 heterocycles. The van der Waals surface area contributed by atoms with Gasteiger partial charge in [0.05, 0.1) is 35.5 Å². The largest absolute Gasteiger partial charge is 0.496 e. The molecule has 16 heteroatoms. The van der Waals surface area contributed by atoms with Crippen LogP contribution in [0.1, 0.15) is 51.8 Å². The van der Waals surface area contributed by atoms with Gasteiger partial charge in [0.25, 0.3) is 0 Å². The van der Waals surface area contributed by atoms with E-state index in [-0.39, 0.29) is 56.6 Å². The number of ether oxygens (including phenoxy) is 11. The van der Waals surface area contributed by atoms with Gasteiger partial charge < -0.3 is 52.1 Å². The highest BCUT2D eigenvalue weighted by atomic mass is 16.7. The summed E-state index contributed by atoms with van der Waals surface area (Å²) in [5, 5.41) is 0. The van der Waals surface area contributed by atoms with E-state index in [0.717, 1.165) is 0 Å². The Balaban J connectivity index is 1.50. The number of benzene rings is 5. The zero-order chi connectivity index (χ0) is 44.2. The summed E-state index contributed by atoms with van der Waals surface area (Å²) < 4.78 is 63.3. The van der Waals surface area contributed by atoms with Crippen LogP contribution in [0, 0.1) is 0 Å². The molecule has 1 aliphatic rings. The number of hydrogen-bond donors (Lipinski definition) is 0. The van der Waals surface area contributed by atoms with Crippen LogP contribution in [0.3, 0.4) is 0 Å². The predicted octanol–water partition coefficient (Wildman–Crippen LogP) is 6.15. The molecule has 0 radical (unpaired) electrons. The molecule has 1 fully saturated rings. The van der Waals surface area contributed by atoms with Gasteiger partial charge in [-0.1, -0.05) is 60.7 Å². The third kappa shape index (κ3) is 9.88. The van der Waals surface area contributed by atoms with Crippen LogP contribution in [0.25, 0.3) is 0 Å². The lowest BCUT2D eigenvalue weighted by Gasteiger charge is -2.44. The average molecular weight is 851 g/mol. The third-order valence-electron chi connectivity index (χ3n) is 9.56. The number of esters is 5. The minimum absolute atomic E-state index is 0.0373. The van der Waals surface area contributed by atoms with Gasteiger partial charge in [0.1, 0.15) is 69.3 Å². The van der Waals surface area contributed by atoms with E-state index in [1.165, 1.54) is 90.1 Å². The van der Waals surface area contributed by atoms with Crippen LogP contribution in [-0.2, 0) is 28.4 Å². The van der Waals surface area contributed by atoms with Gasteiger partial charge in [0.15, 0.2) is 12.2 Å². The SMILES string of the molecule is COc1ccccc1C(=O)OC[C@H]1O[C@@H](OC(=O)c2ccccc2OC)[C@H](OC(=O)c2ccccc2OC)[C@@H](OC(=O)c2ccccc2OC)[C@@H]1OC(=O)c1ccccc1OC. The van der Waals surface area contributed by atoms with Crippen molar-refractivity contribution in [2.24, 2.45) is 0 Å². The average Bonchev–Trinajstić information content (AvgIpc) is 3.32. The van der Waals surface area contributed by atoms with Crippen molar-refractivity contribution in [2.45, 2.75) is 30.7 Å². The summed E-state index contributed by atoms with van der Waals surface area (Å²) in [5.74, 6) is -4.32. The van der Waals surface area contributed by atoms with Gasteiger partial charge in [-0.25, -0.2) is 24.0 Å². The minimum Gasteiger partial charge on any atom is -0.496 e. The van der Waals surface area contributed by atoms with E-state index >= 15 is 0 Å². The molecule has 5 atom stereocenters. The molecule has 1 saturated heterocycles. The van der Waals surface area contributed by atoms with Gasteiger partial charge in [0, 0.05) is 0 Å². The summed E-state index contributed by atoms with van der Waals surface area (Å²) in [6.07, 6.45) is -9.09. The molecule has 0 N–H and O–H groups in total. The second-order valence-electron chi connectivity index (χ2n) is 13.2. The molecule has 0 amide bonds. The maximum atomic E-state index is 14.3. The normalized spacial score (nSPS) is 17.9. The number of methoxy groups -OCH3 is 5. The molecule has 0 aliphatic carbocycles. The van der Waals surface area contributed by atoms with E-state index < -0.39 is 67.2 Å². The van der Waals surface area contributed by atoms with Crippen molar-refractivity contribution in [1.29, 1.82) is 0 Å². The van der Waals surface area contributed by atoms with Crippen LogP contribution < -0.4 is 23.7 Å². The molecule has 62 heavy (non-hydrogen) atoms. The lowest BCUT2D eigenvalue weighted by molar-refractivity contribution is -0.283. The van der Waals surface area contributed by atoms with E-state index in [9.17, 15) is 24.0 Å². The molecule has 0 unspecified atom stereocenters. The quantitative estimate of drug-likeness (QED) is 0.0813. The highest BCUT2D eigenvalue weighted by Gasteiger charge is 2.55. The van der Waals surface area contributed by atoms with E-state index in [2.05, 4.69) is 0 Å². The van der Waals surface area contributed by atoms with E-state index in [4.69, 9.17) is 52.1 Å². The Bertz CT molecular complexity index is 2390. The van der Waals surface area contributed by atoms with Crippen molar-refractivity contribution < 1.29 is 76.1 Å². The fourth-order valence-corrected chi connectivity index (χ4v) is 6.54. The second-order valence-corrected chi connectivity index (χ2v) is 13.2. The van der Waals surface area contributed by atoms with E-state index in [0.29, 0.717) is 0 Å². The second kappa shape index (κ2) is 20.6. The molecule has 5 aromatic carbocycles. The molecule has 322 valence electrons. The van der Waals surface area contributed by atoms with Crippen molar-refractivity contribution in [1.82, 2.24) is 0 Å². The lowest BCUT2D eigenvalue weighted by atomic mass is 9.97. The predicted molar refractivity (Wildman–Crippen MR) is 217 cm³/mol. The third-order valence-corrected chi connectivity index (χ3v) is 9.56. The first-order valence-corrected chi connectivity index (χ1v) is 18.9. The molecule has 5 aromatic rings. The number of carbonyl (C=O) groups excluding carboxylic acids is 5. The van der Waals surface area contributed by atoms with Crippen molar-refractivity contribution in [3.8, 4) is 28.7 Å². The van der Waals surface area contributed by atoms with Crippen LogP contribution in [0.2, 0.25) is 0 Å². The number of para-hydroxylation sites is 5. The molecule has 1 aliphatic heterocycles. The summed E-state index contributed by atoms with van der Waals surface area (Å²) in [7, 11) is 6.76. The van der Waals surface area contributed by atoms with Gasteiger partial charge in [-0.3, -0.25) is 0 Å². The molecule has 6 rings (SSSR count). The summed E-state index contributed by atoms with van der Waals surface area (Å²) >= 11 is 0. The molecular weight excluding hydrogens is 808 g/mol. The molecule has 0 saturated carbocycles. The Morgan fingerprint density at radius 2 is 0.677 bits per heavy atom. The maximum absolute atomic E-state index is 14.3. The summed E-state index contributed by atoms with van der Waals surface area (Å²) in [6.45, 7) is -0.709. The van der Waals surface area contributed by atoms with Crippen molar-refractivity contribution >= 4 is 29.8 Å². The van der Waals surface area contributed by atoms with Gasteiger partial charge in [-0.05, 0) is 60.7 Å². The summed E-state index contributed by atoms with van der Waals surface area (Å²) in [4.78, 5) is 70.2. The van der Waals surface area contributed by atoms with Crippen LogP contribution in [-0.4, -0.2) is 103 Å². The number of carbonyl (C=O) groups is 5. The van der Waals surface area contributed by atoms with Gasteiger partial charge in [-0.15, -0.1) is 0 Å². The van der Waals surface area contributed by atoms with Gasteiger partial charge >= 0.3 is 29.8 Å². The monoisotopic (exact) mass is 850 g/mol. The Labute approximate surface area is 356 Å². The topological polar surface area (TPSA) is 187 Å². The number of rotatable bonds is 16. The molecule has 16 nitrogen and oxygen atoms in total. The first-order valence-electron chi connectivity index (χ1n) is 18.9. The molecular formula is C46H42O16. The zero-order valence-corrected chi connectivity index (χ0v) is 34.2. The molecule has 0 bridgehead atoms. The molecule has 0 aromatic heterocycles. The first kappa shape index (κ1) is 44.0. The minimum atomic E-state index is -1.95. The summed E-state index contributed by atoms with van der Waals surface area (Å²) in [5.41, 5.74) is -0.222. The highest BCUT2D eigenvalue weighted by molar-refractivity contribution is 5.95. The van der Waals surface area contributed by atoms with Gasteiger partial charge in [-0.2, -0.15) is 0 Å². The standard InChI is InChI=1S/C46H42O16/c1-52-32-21-11-6-16-27(32)41(47)57-26-37-38(59-42(48)28-17-7-12-22-33(28)53-2)39(60-43(49)29-18-8-13-23-34(29)54-3)40(61-44(50)30-19-9-14-24-35(30)55-4)46(58-37)62-45(51)31-20-10-15-25-36(31)56-5/h6-25,37-40,46H,26H2,1-5H3/t37-,38-,39+,40-,46+/m1/s1. The highest BCUT2D eigenvalue weighted by Crippen LogP contribution is 2.35. The van der Waals surface area contributed by atoms with Crippen LogP contribution >= 0.6 is 0 Å². The summed E-state index contributed by atoms with van der Waals surface area (Å²) in [6, 6.07) is 30.7. The van der Waals surface area contributed by atoms with Crippen molar-refractivity contribution in [3.05, 3.63) is 149 Å². The Morgan fingerprint density at radius 1 is 0.387 bits per heavy atom. The van der Waals surface area contributed by atoms with Crippen LogP contribution in [0.15, 0.2) is 121 Å².